The highest BCUT2D eigenvalue weighted by molar-refractivity contribution is 5.07. The van der Waals surface area contributed by atoms with E-state index in [4.69, 9.17) is 14.2 Å². The van der Waals surface area contributed by atoms with Crippen molar-refractivity contribution in [1.29, 1.82) is 0 Å². The first-order chi connectivity index (χ1) is 9.15. The van der Waals surface area contributed by atoms with Crippen molar-refractivity contribution in [2.75, 3.05) is 0 Å². The van der Waals surface area contributed by atoms with Crippen molar-refractivity contribution < 1.29 is 14.2 Å². The van der Waals surface area contributed by atoms with Gasteiger partial charge in [0, 0.05) is 5.92 Å². The molecule has 0 aromatic carbocycles. The highest BCUT2D eigenvalue weighted by atomic mass is 16.8. The molecule has 0 aromatic heterocycles. The molecule has 4 atom stereocenters. The van der Waals surface area contributed by atoms with E-state index in [2.05, 4.69) is 55.4 Å². The van der Waals surface area contributed by atoms with Gasteiger partial charge >= 0.3 is 0 Å². The van der Waals surface area contributed by atoms with Gasteiger partial charge in [-0.15, -0.1) is 0 Å². The van der Waals surface area contributed by atoms with Gasteiger partial charge in [0.1, 0.15) is 6.10 Å². The van der Waals surface area contributed by atoms with Crippen molar-refractivity contribution in [3.8, 4) is 0 Å². The zero-order valence-corrected chi connectivity index (χ0v) is 15.5. The molecule has 2 saturated heterocycles. The van der Waals surface area contributed by atoms with E-state index in [1.807, 2.05) is 13.8 Å². The maximum atomic E-state index is 6.58. The summed E-state index contributed by atoms with van der Waals surface area (Å²) in [7, 11) is 0. The number of hydrogen-bond acceptors (Lipinski definition) is 3. The minimum absolute atomic E-state index is 0.0182. The Bertz CT molecular complexity index is 398. The summed E-state index contributed by atoms with van der Waals surface area (Å²) in [6.45, 7) is 21.9. The minimum atomic E-state index is -0.535. The summed E-state index contributed by atoms with van der Waals surface area (Å²) in [5.74, 6) is -0.232. The summed E-state index contributed by atoms with van der Waals surface area (Å²) < 4.78 is 19.1. The number of fused-ring (bicyclic) bond motifs is 1. The average molecular weight is 298 g/mol. The Balaban J connectivity index is 2.48. The number of rotatable bonds is 0. The molecule has 0 amide bonds. The first-order valence-electron chi connectivity index (χ1n) is 8.19. The van der Waals surface area contributed by atoms with E-state index in [1.165, 1.54) is 0 Å². The van der Waals surface area contributed by atoms with Crippen LogP contribution in [0.4, 0.5) is 0 Å². The fraction of sp³-hybridized carbons (Fsp3) is 1.00. The molecule has 124 valence electrons. The monoisotopic (exact) mass is 298 g/mol. The van der Waals surface area contributed by atoms with E-state index in [1.54, 1.807) is 0 Å². The smallest absolute Gasteiger partial charge is 0.163 e. The van der Waals surface area contributed by atoms with Gasteiger partial charge in [-0.05, 0) is 38.5 Å². The quantitative estimate of drug-likeness (QED) is 0.663. The molecule has 2 unspecified atom stereocenters. The lowest BCUT2D eigenvalue weighted by Crippen LogP contribution is -2.63. The van der Waals surface area contributed by atoms with E-state index in [0.29, 0.717) is 5.92 Å². The highest BCUT2D eigenvalue weighted by Gasteiger charge is 2.62. The van der Waals surface area contributed by atoms with Gasteiger partial charge < -0.3 is 14.2 Å². The summed E-state index contributed by atoms with van der Waals surface area (Å²) in [6.07, 6.45) is 0.203. The van der Waals surface area contributed by atoms with Crippen LogP contribution in [0.25, 0.3) is 0 Å². The SMILES string of the molecule is CC1(C)O[C@@H]2[C@@H](O1)C(C(C)(C)C)C(C(C)(C)C)OC2(C)C. The third-order valence-electron chi connectivity index (χ3n) is 4.78. The summed E-state index contributed by atoms with van der Waals surface area (Å²) in [5, 5.41) is 0. The second-order valence-electron chi connectivity index (χ2n) is 9.92. The summed E-state index contributed by atoms with van der Waals surface area (Å²) in [4.78, 5) is 0. The van der Waals surface area contributed by atoms with E-state index in [-0.39, 0.29) is 34.7 Å². The van der Waals surface area contributed by atoms with E-state index in [9.17, 15) is 0 Å². The standard InChI is InChI=1S/C18H34O3/c1-15(2,3)11-12-14(21-18(9,10)19-12)17(7,8)20-13(11)16(4,5)6/h11-14H,1-10H3/t11?,12-,13?,14+/m0/s1. The molecule has 2 heterocycles. The van der Waals surface area contributed by atoms with Crippen LogP contribution in [0.1, 0.15) is 69.2 Å². The normalized spacial score (nSPS) is 39.1. The second-order valence-corrected chi connectivity index (χ2v) is 9.92. The lowest BCUT2D eigenvalue weighted by atomic mass is 9.63. The molecule has 2 aliphatic rings. The number of hydrogen-bond donors (Lipinski definition) is 0. The van der Waals surface area contributed by atoms with Crippen LogP contribution in [0.3, 0.4) is 0 Å². The fourth-order valence-corrected chi connectivity index (χ4v) is 3.89. The Kier molecular flexibility index (Phi) is 3.85. The Morgan fingerprint density at radius 3 is 1.67 bits per heavy atom. The van der Waals surface area contributed by atoms with Gasteiger partial charge in [-0.25, -0.2) is 0 Å². The molecule has 0 radical (unpaired) electrons. The first kappa shape index (κ1) is 17.2. The van der Waals surface area contributed by atoms with Crippen LogP contribution in [0.5, 0.6) is 0 Å². The molecule has 2 rings (SSSR count). The molecule has 3 nitrogen and oxygen atoms in total. The van der Waals surface area contributed by atoms with Crippen molar-refractivity contribution in [3.63, 3.8) is 0 Å². The predicted octanol–water partition coefficient (Wildman–Crippen LogP) is 4.39. The molecular formula is C18H34O3. The van der Waals surface area contributed by atoms with Gasteiger partial charge in [-0.3, -0.25) is 0 Å². The van der Waals surface area contributed by atoms with Crippen LogP contribution in [-0.4, -0.2) is 29.7 Å². The van der Waals surface area contributed by atoms with Gasteiger partial charge in [0.15, 0.2) is 5.79 Å². The van der Waals surface area contributed by atoms with E-state index >= 15 is 0 Å². The third kappa shape index (κ3) is 3.16. The van der Waals surface area contributed by atoms with Crippen molar-refractivity contribution in [1.82, 2.24) is 0 Å². The fourth-order valence-electron chi connectivity index (χ4n) is 3.89. The topological polar surface area (TPSA) is 27.7 Å². The van der Waals surface area contributed by atoms with E-state index in [0.717, 1.165) is 0 Å². The molecule has 2 fully saturated rings. The molecule has 0 aromatic rings. The number of ether oxygens (including phenoxy) is 3. The van der Waals surface area contributed by atoms with Gasteiger partial charge in [-0.1, -0.05) is 41.5 Å². The highest BCUT2D eigenvalue weighted by Crippen LogP contribution is 2.53. The second kappa shape index (κ2) is 4.69. The third-order valence-corrected chi connectivity index (χ3v) is 4.78. The first-order valence-corrected chi connectivity index (χ1v) is 8.19. The maximum Gasteiger partial charge on any atom is 0.163 e. The molecule has 0 N–H and O–H groups in total. The minimum Gasteiger partial charge on any atom is -0.369 e. The Morgan fingerprint density at radius 2 is 1.24 bits per heavy atom. The zero-order valence-electron chi connectivity index (χ0n) is 15.5. The molecule has 0 aliphatic carbocycles. The largest absolute Gasteiger partial charge is 0.369 e. The molecule has 3 heteroatoms. The van der Waals surface area contributed by atoms with E-state index < -0.39 is 5.79 Å². The summed E-state index contributed by atoms with van der Waals surface area (Å²) in [6, 6.07) is 0. The van der Waals surface area contributed by atoms with Crippen molar-refractivity contribution in [2.24, 2.45) is 16.7 Å². The zero-order chi connectivity index (χ0) is 16.4. The Morgan fingerprint density at radius 1 is 0.714 bits per heavy atom. The predicted molar refractivity (Wildman–Crippen MR) is 85.2 cm³/mol. The molecular weight excluding hydrogens is 264 g/mol. The van der Waals surface area contributed by atoms with Gasteiger partial charge in [0.25, 0.3) is 0 Å². The van der Waals surface area contributed by atoms with Gasteiger partial charge in [-0.2, -0.15) is 0 Å². The Labute approximate surface area is 130 Å². The van der Waals surface area contributed by atoms with Crippen LogP contribution in [0.15, 0.2) is 0 Å². The van der Waals surface area contributed by atoms with Crippen molar-refractivity contribution in [3.05, 3.63) is 0 Å². The molecule has 0 saturated carbocycles. The van der Waals surface area contributed by atoms with Crippen LogP contribution in [-0.2, 0) is 14.2 Å². The van der Waals surface area contributed by atoms with Crippen molar-refractivity contribution in [2.45, 2.75) is 98.9 Å². The maximum absolute atomic E-state index is 6.58. The molecule has 2 aliphatic heterocycles. The van der Waals surface area contributed by atoms with Crippen LogP contribution >= 0.6 is 0 Å². The summed E-state index contributed by atoms with van der Waals surface area (Å²) in [5.41, 5.74) is -0.171. The lowest BCUT2D eigenvalue weighted by molar-refractivity contribution is -0.249. The molecule has 0 spiro atoms. The van der Waals surface area contributed by atoms with Crippen LogP contribution in [0.2, 0.25) is 0 Å². The molecule has 21 heavy (non-hydrogen) atoms. The Hall–Kier alpha value is -0.120. The van der Waals surface area contributed by atoms with Crippen LogP contribution < -0.4 is 0 Å². The van der Waals surface area contributed by atoms with Crippen LogP contribution in [0, 0.1) is 16.7 Å². The average Bonchev–Trinajstić information content (AvgIpc) is 2.49. The molecule has 0 bridgehead atoms. The van der Waals surface area contributed by atoms with Gasteiger partial charge in [0.2, 0.25) is 0 Å². The summed E-state index contributed by atoms with van der Waals surface area (Å²) >= 11 is 0. The van der Waals surface area contributed by atoms with Gasteiger partial charge in [0.05, 0.1) is 17.8 Å². The lowest BCUT2D eigenvalue weighted by Gasteiger charge is -2.55. The van der Waals surface area contributed by atoms with Crippen molar-refractivity contribution >= 4 is 0 Å².